The third-order valence-electron chi connectivity index (χ3n) is 4.30. The summed E-state index contributed by atoms with van der Waals surface area (Å²) in [7, 11) is 0. The molecule has 1 atom stereocenters. The number of ether oxygens (including phenoxy) is 1. The number of anilines is 2. The van der Waals surface area contributed by atoms with E-state index in [2.05, 4.69) is 20.6 Å². The maximum atomic E-state index is 12.9. The Hall–Kier alpha value is -2.77. The minimum Gasteiger partial charge on any atom is -0.376 e. The van der Waals surface area contributed by atoms with E-state index in [1.807, 2.05) is 36.4 Å². The number of amides is 1. The first kappa shape index (κ1) is 17.6. The van der Waals surface area contributed by atoms with Gasteiger partial charge >= 0.3 is 0 Å². The number of hydrogen-bond acceptors (Lipinski definition) is 6. The van der Waals surface area contributed by atoms with Crippen molar-refractivity contribution in [2.75, 3.05) is 23.8 Å². The summed E-state index contributed by atoms with van der Waals surface area (Å²) in [5.41, 5.74) is 2.25. The Kier molecular flexibility index (Phi) is 5.41. The first-order valence-corrected chi connectivity index (χ1v) is 9.74. The van der Waals surface area contributed by atoms with Gasteiger partial charge in [0.15, 0.2) is 5.13 Å². The van der Waals surface area contributed by atoms with Crippen molar-refractivity contribution in [3.05, 3.63) is 59.7 Å². The highest BCUT2D eigenvalue weighted by molar-refractivity contribution is 7.18. The number of nitrogens with one attached hydrogen (secondary N) is 2. The van der Waals surface area contributed by atoms with Crippen molar-refractivity contribution >= 4 is 28.1 Å². The number of pyridine rings is 1. The summed E-state index contributed by atoms with van der Waals surface area (Å²) < 4.78 is 5.65. The maximum absolute atomic E-state index is 12.9. The Morgan fingerprint density at radius 3 is 2.85 bits per heavy atom. The van der Waals surface area contributed by atoms with Gasteiger partial charge in [0.1, 0.15) is 4.88 Å². The number of carbonyl (C=O) groups is 1. The fourth-order valence-corrected chi connectivity index (χ4v) is 3.86. The third-order valence-corrected chi connectivity index (χ3v) is 5.32. The molecule has 0 bridgehead atoms. The Bertz CT molecular complexity index is 893. The van der Waals surface area contributed by atoms with Crippen molar-refractivity contribution in [3.63, 3.8) is 0 Å². The average molecular weight is 380 g/mol. The van der Waals surface area contributed by atoms with Gasteiger partial charge in [0.25, 0.3) is 5.91 Å². The zero-order valence-electron chi connectivity index (χ0n) is 14.7. The molecule has 7 heteroatoms. The molecule has 27 heavy (non-hydrogen) atoms. The van der Waals surface area contributed by atoms with E-state index in [0.717, 1.165) is 30.1 Å². The molecule has 0 radical (unpaired) electrons. The molecule has 0 spiro atoms. The van der Waals surface area contributed by atoms with E-state index < -0.39 is 0 Å². The molecule has 1 saturated heterocycles. The summed E-state index contributed by atoms with van der Waals surface area (Å²) in [5.74, 6) is -0.190. The monoisotopic (exact) mass is 380 g/mol. The van der Waals surface area contributed by atoms with Gasteiger partial charge in [0, 0.05) is 24.9 Å². The van der Waals surface area contributed by atoms with Crippen LogP contribution in [0.5, 0.6) is 0 Å². The van der Waals surface area contributed by atoms with E-state index in [-0.39, 0.29) is 12.0 Å². The predicted molar refractivity (Wildman–Crippen MR) is 107 cm³/mol. The van der Waals surface area contributed by atoms with Crippen molar-refractivity contribution in [2.45, 2.75) is 18.9 Å². The van der Waals surface area contributed by atoms with E-state index in [1.165, 1.54) is 11.3 Å². The predicted octanol–water partition coefficient (Wildman–Crippen LogP) is 4.05. The number of thiazole rings is 1. The molecule has 1 aliphatic heterocycles. The van der Waals surface area contributed by atoms with Crippen LogP contribution in [0.25, 0.3) is 11.3 Å². The molecule has 138 valence electrons. The molecule has 1 unspecified atom stereocenters. The van der Waals surface area contributed by atoms with Crippen LogP contribution in [0, 0.1) is 0 Å². The second-order valence-corrected chi connectivity index (χ2v) is 7.27. The van der Waals surface area contributed by atoms with Crippen molar-refractivity contribution in [3.8, 4) is 11.3 Å². The fraction of sp³-hybridized carbons (Fsp3) is 0.250. The van der Waals surface area contributed by atoms with Crippen LogP contribution in [0.4, 0.5) is 10.8 Å². The molecular formula is C20H20N4O2S. The lowest BCUT2D eigenvalue weighted by Crippen LogP contribution is -2.18. The number of rotatable bonds is 6. The molecule has 3 heterocycles. The van der Waals surface area contributed by atoms with Crippen LogP contribution < -0.4 is 10.6 Å². The normalized spacial score (nSPS) is 16.2. The lowest BCUT2D eigenvalue weighted by Gasteiger charge is -2.09. The number of nitrogens with zero attached hydrogens (tertiary/aromatic N) is 2. The molecule has 3 aromatic rings. The van der Waals surface area contributed by atoms with Gasteiger partial charge in [-0.05, 0) is 25.0 Å². The zero-order valence-corrected chi connectivity index (χ0v) is 15.5. The van der Waals surface area contributed by atoms with Crippen LogP contribution in [-0.2, 0) is 4.74 Å². The van der Waals surface area contributed by atoms with Gasteiger partial charge < -0.3 is 15.4 Å². The highest BCUT2D eigenvalue weighted by atomic mass is 32.1. The van der Waals surface area contributed by atoms with E-state index in [1.54, 1.807) is 18.5 Å². The average Bonchev–Trinajstić information content (AvgIpc) is 3.38. The molecule has 0 saturated carbocycles. The number of benzene rings is 1. The van der Waals surface area contributed by atoms with Gasteiger partial charge in [-0.15, -0.1) is 0 Å². The van der Waals surface area contributed by atoms with Gasteiger partial charge in [0.05, 0.1) is 23.7 Å². The summed E-state index contributed by atoms with van der Waals surface area (Å²) in [6, 6.07) is 13.3. The molecule has 1 amide bonds. The fourth-order valence-electron chi connectivity index (χ4n) is 2.97. The largest absolute Gasteiger partial charge is 0.376 e. The van der Waals surface area contributed by atoms with Crippen LogP contribution in [0.3, 0.4) is 0 Å². The summed E-state index contributed by atoms with van der Waals surface area (Å²) in [6.07, 6.45) is 5.65. The van der Waals surface area contributed by atoms with Crippen molar-refractivity contribution in [2.24, 2.45) is 0 Å². The molecule has 2 aromatic heterocycles. The van der Waals surface area contributed by atoms with Gasteiger partial charge in [-0.25, -0.2) is 4.98 Å². The van der Waals surface area contributed by atoms with Crippen molar-refractivity contribution in [1.82, 2.24) is 9.97 Å². The van der Waals surface area contributed by atoms with E-state index >= 15 is 0 Å². The molecule has 4 rings (SSSR count). The molecule has 2 N–H and O–H groups in total. The number of carbonyl (C=O) groups excluding carboxylic acids is 1. The van der Waals surface area contributed by atoms with Gasteiger partial charge in [-0.2, -0.15) is 0 Å². The SMILES string of the molecule is O=C(Nc1cccnc1)c1sc(NCC2CCCO2)nc1-c1ccccc1. The maximum Gasteiger partial charge on any atom is 0.268 e. The smallest absolute Gasteiger partial charge is 0.268 e. The number of aromatic nitrogens is 2. The lowest BCUT2D eigenvalue weighted by atomic mass is 10.1. The number of hydrogen-bond donors (Lipinski definition) is 2. The third kappa shape index (κ3) is 4.32. The Labute approximate surface area is 161 Å². The Balaban J connectivity index is 1.58. The van der Waals surface area contributed by atoms with Crippen LogP contribution in [0.2, 0.25) is 0 Å². The second-order valence-electron chi connectivity index (χ2n) is 6.27. The van der Waals surface area contributed by atoms with Gasteiger partial charge in [0.2, 0.25) is 0 Å². The molecule has 1 fully saturated rings. The minimum absolute atomic E-state index is 0.190. The molecular weight excluding hydrogens is 360 g/mol. The Morgan fingerprint density at radius 2 is 2.11 bits per heavy atom. The highest BCUT2D eigenvalue weighted by Gasteiger charge is 2.21. The topological polar surface area (TPSA) is 76.1 Å². The molecule has 1 aliphatic rings. The zero-order chi connectivity index (χ0) is 18.5. The van der Waals surface area contributed by atoms with E-state index in [9.17, 15) is 4.79 Å². The van der Waals surface area contributed by atoms with Gasteiger partial charge in [-0.1, -0.05) is 41.7 Å². The van der Waals surface area contributed by atoms with Crippen LogP contribution >= 0.6 is 11.3 Å². The second kappa shape index (κ2) is 8.28. The highest BCUT2D eigenvalue weighted by Crippen LogP contribution is 2.32. The lowest BCUT2D eigenvalue weighted by molar-refractivity contribution is 0.103. The van der Waals surface area contributed by atoms with Crippen LogP contribution in [0.1, 0.15) is 22.5 Å². The summed E-state index contributed by atoms with van der Waals surface area (Å²) >= 11 is 1.35. The Morgan fingerprint density at radius 1 is 1.22 bits per heavy atom. The first-order valence-electron chi connectivity index (χ1n) is 8.93. The van der Waals surface area contributed by atoms with E-state index in [0.29, 0.717) is 22.8 Å². The van der Waals surface area contributed by atoms with Crippen molar-refractivity contribution < 1.29 is 9.53 Å². The minimum atomic E-state index is -0.190. The standard InChI is InChI=1S/C20H20N4O2S/c25-19(23-15-8-4-10-21-12-15)18-17(14-6-2-1-3-7-14)24-20(27-18)22-13-16-9-5-11-26-16/h1-4,6-8,10,12,16H,5,9,11,13H2,(H,22,24)(H,23,25). The van der Waals surface area contributed by atoms with Gasteiger partial charge in [-0.3, -0.25) is 9.78 Å². The van der Waals surface area contributed by atoms with Crippen LogP contribution in [0.15, 0.2) is 54.9 Å². The molecule has 0 aliphatic carbocycles. The summed E-state index contributed by atoms with van der Waals surface area (Å²) in [5, 5.41) is 6.94. The summed E-state index contributed by atoms with van der Waals surface area (Å²) in [6.45, 7) is 1.52. The quantitative estimate of drug-likeness (QED) is 0.675. The van der Waals surface area contributed by atoms with E-state index in [4.69, 9.17) is 4.74 Å². The summed E-state index contributed by atoms with van der Waals surface area (Å²) in [4.78, 5) is 22.1. The molecule has 6 nitrogen and oxygen atoms in total. The molecule has 1 aromatic carbocycles. The first-order chi connectivity index (χ1) is 13.3. The van der Waals surface area contributed by atoms with Crippen LogP contribution in [-0.4, -0.2) is 35.1 Å². The van der Waals surface area contributed by atoms with Crippen molar-refractivity contribution in [1.29, 1.82) is 0 Å².